The molecule has 0 unspecified atom stereocenters. The molecule has 0 aliphatic heterocycles. The molecule has 0 aliphatic carbocycles. The Kier molecular flexibility index (Phi) is 6.00. The topological polar surface area (TPSA) is 103 Å². The van der Waals surface area contributed by atoms with Crippen LogP contribution in [-0.2, 0) is 0 Å². The number of urea groups is 1. The van der Waals surface area contributed by atoms with Crippen molar-refractivity contribution >= 4 is 41.4 Å². The highest BCUT2D eigenvalue weighted by molar-refractivity contribution is 6.36. The molecule has 0 saturated carbocycles. The van der Waals surface area contributed by atoms with Gasteiger partial charge in [-0.2, -0.15) is 5.10 Å². The van der Waals surface area contributed by atoms with Crippen molar-refractivity contribution in [3.8, 4) is 5.75 Å². The molecule has 2 aromatic rings. The molecule has 124 valence electrons. The van der Waals surface area contributed by atoms with Gasteiger partial charge in [0.15, 0.2) is 0 Å². The lowest BCUT2D eigenvalue weighted by Crippen LogP contribution is -2.45. The number of carbonyl (C=O) groups excluding carboxylic acids is 2. The second-order valence-electron chi connectivity index (χ2n) is 4.50. The molecule has 0 aliphatic rings. The summed E-state index contributed by atoms with van der Waals surface area (Å²) < 4.78 is 0. The summed E-state index contributed by atoms with van der Waals surface area (Å²) in [6, 6.07) is 9.88. The molecule has 0 fully saturated rings. The van der Waals surface area contributed by atoms with Crippen molar-refractivity contribution < 1.29 is 14.7 Å². The molecule has 9 heteroatoms. The lowest BCUT2D eigenvalue weighted by molar-refractivity contribution is 0.0936. The SMILES string of the molecule is O=C(N/N=C/c1cccc(O)c1)NNC(=O)c1ccc(Cl)cc1Cl. The van der Waals surface area contributed by atoms with Crippen LogP contribution in [0.2, 0.25) is 10.0 Å². The molecular formula is C15H12Cl2N4O3. The predicted molar refractivity (Wildman–Crippen MR) is 91.3 cm³/mol. The van der Waals surface area contributed by atoms with Crippen LogP contribution in [0.5, 0.6) is 5.75 Å². The Labute approximate surface area is 147 Å². The molecule has 2 aromatic carbocycles. The third-order valence-electron chi connectivity index (χ3n) is 2.72. The fourth-order valence-electron chi connectivity index (χ4n) is 1.65. The summed E-state index contributed by atoms with van der Waals surface area (Å²) in [6.45, 7) is 0. The third kappa shape index (κ3) is 5.15. The van der Waals surface area contributed by atoms with E-state index in [4.69, 9.17) is 23.2 Å². The van der Waals surface area contributed by atoms with Gasteiger partial charge in [-0.05, 0) is 35.9 Å². The summed E-state index contributed by atoms with van der Waals surface area (Å²) in [5.41, 5.74) is 7.19. The number of carbonyl (C=O) groups is 2. The Hall–Kier alpha value is -2.77. The Morgan fingerprint density at radius 3 is 2.58 bits per heavy atom. The Morgan fingerprint density at radius 1 is 1.08 bits per heavy atom. The van der Waals surface area contributed by atoms with E-state index in [9.17, 15) is 14.7 Å². The highest BCUT2D eigenvalue weighted by Gasteiger charge is 2.11. The molecule has 24 heavy (non-hydrogen) atoms. The highest BCUT2D eigenvalue weighted by Crippen LogP contribution is 2.20. The molecule has 0 bridgehead atoms. The minimum atomic E-state index is -0.759. The van der Waals surface area contributed by atoms with Crippen molar-refractivity contribution in [3.63, 3.8) is 0 Å². The summed E-state index contributed by atoms with van der Waals surface area (Å²) in [4.78, 5) is 23.4. The highest BCUT2D eigenvalue weighted by atomic mass is 35.5. The number of phenolic OH excluding ortho intramolecular Hbond substituents is 1. The van der Waals surface area contributed by atoms with Crippen molar-refractivity contribution in [3.05, 3.63) is 63.6 Å². The number of aromatic hydroxyl groups is 1. The first-order valence-electron chi connectivity index (χ1n) is 6.59. The van der Waals surface area contributed by atoms with Gasteiger partial charge in [-0.1, -0.05) is 35.3 Å². The molecule has 0 atom stereocenters. The van der Waals surface area contributed by atoms with Crippen LogP contribution in [0, 0.1) is 0 Å². The molecule has 0 heterocycles. The molecule has 0 aromatic heterocycles. The summed E-state index contributed by atoms with van der Waals surface area (Å²) in [5.74, 6) is -0.528. The first-order valence-corrected chi connectivity index (χ1v) is 7.35. The number of benzene rings is 2. The Bertz CT molecular complexity index is 796. The Balaban J connectivity index is 1.83. The largest absolute Gasteiger partial charge is 0.508 e. The fraction of sp³-hybridized carbons (Fsp3) is 0. The van der Waals surface area contributed by atoms with Gasteiger partial charge < -0.3 is 5.11 Å². The summed E-state index contributed by atoms with van der Waals surface area (Å²) in [7, 11) is 0. The maximum Gasteiger partial charge on any atom is 0.353 e. The maximum atomic E-state index is 11.9. The van der Waals surface area contributed by atoms with Crippen LogP contribution in [0.1, 0.15) is 15.9 Å². The molecule has 0 saturated heterocycles. The predicted octanol–water partition coefficient (Wildman–Crippen LogP) is 2.68. The van der Waals surface area contributed by atoms with Gasteiger partial charge in [0, 0.05) is 5.02 Å². The van der Waals surface area contributed by atoms with Crippen LogP contribution in [-0.4, -0.2) is 23.3 Å². The smallest absolute Gasteiger partial charge is 0.353 e. The summed E-state index contributed by atoms with van der Waals surface area (Å²) in [5, 5.41) is 13.5. The number of hydrogen-bond donors (Lipinski definition) is 4. The van der Waals surface area contributed by atoms with Crippen LogP contribution in [0.15, 0.2) is 47.6 Å². The van der Waals surface area contributed by atoms with Crippen molar-refractivity contribution in [1.29, 1.82) is 0 Å². The van der Waals surface area contributed by atoms with Crippen LogP contribution in [0.25, 0.3) is 0 Å². The molecule has 2 rings (SSSR count). The van der Waals surface area contributed by atoms with Crippen LogP contribution in [0.3, 0.4) is 0 Å². The van der Waals surface area contributed by atoms with E-state index in [1.54, 1.807) is 12.1 Å². The molecule has 0 spiro atoms. The van der Waals surface area contributed by atoms with E-state index in [1.807, 2.05) is 0 Å². The van der Waals surface area contributed by atoms with Gasteiger partial charge in [-0.3, -0.25) is 10.2 Å². The van der Waals surface area contributed by atoms with Gasteiger partial charge in [-0.15, -0.1) is 0 Å². The standard InChI is InChI=1S/C15H12Cl2N4O3/c16-10-4-5-12(13(17)7-10)14(23)19-21-15(24)20-18-8-9-2-1-3-11(22)6-9/h1-8,22H,(H,19,23)(H2,20,21,24)/b18-8+. The van der Waals surface area contributed by atoms with Gasteiger partial charge in [0.1, 0.15) is 5.75 Å². The minimum absolute atomic E-state index is 0.0792. The number of amides is 3. The quantitative estimate of drug-likeness (QED) is 0.495. The maximum absolute atomic E-state index is 11.9. The van der Waals surface area contributed by atoms with Crippen LogP contribution in [0.4, 0.5) is 4.79 Å². The monoisotopic (exact) mass is 366 g/mol. The summed E-state index contributed by atoms with van der Waals surface area (Å²) >= 11 is 11.6. The zero-order valence-corrected chi connectivity index (χ0v) is 13.6. The van der Waals surface area contributed by atoms with Crippen LogP contribution < -0.4 is 16.3 Å². The number of hydrazone groups is 1. The normalized spacial score (nSPS) is 10.4. The van der Waals surface area contributed by atoms with Gasteiger partial charge in [0.25, 0.3) is 5.91 Å². The van der Waals surface area contributed by atoms with Crippen LogP contribution >= 0.6 is 23.2 Å². The molecule has 0 radical (unpaired) electrons. The van der Waals surface area contributed by atoms with E-state index in [1.165, 1.54) is 36.5 Å². The van der Waals surface area contributed by atoms with Crippen molar-refractivity contribution in [2.75, 3.05) is 0 Å². The van der Waals surface area contributed by atoms with E-state index in [0.29, 0.717) is 10.6 Å². The molecule has 4 N–H and O–H groups in total. The average Bonchev–Trinajstić information content (AvgIpc) is 2.53. The number of nitrogens with one attached hydrogen (secondary N) is 3. The number of nitrogens with zero attached hydrogens (tertiary/aromatic N) is 1. The number of halogens is 2. The molecule has 7 nitrogen and oxygen atoms in total. The zero-order chi connectivity index (χ0) is 17.5. The van der Waals surface area contributed by atoms with Gasteiger partial charge >= 0.3 is 6.03 Å². The van der Waals surface area contributed by atoms with Crippen molar-refractivity contribution in [1.82, 2.24) is 16.3 Å². The summed E-state index contributed by atoms with van der Waals surface area (Å²) in [6.07, 6.45) is 1.33. The van der Waals surface area contributed by atoms with Gasteiger partial charge in [-0.25, -0.2) is 15.6 Å². The first kappa shape index (κ1) is 17.6. The third-order valence-corrected chi connectivity index (χ3v) is 3.26. The van der Waals surface area contributed by atoms with Gasteiger partial charge in [0.05, 0.1) is 16.8 Å². The lowest BCUT2D eigenvalue weighted by Gasteiger charge is -2.08. The number of phenols is 1. The van der Waals surface area contributed by atoms with E-state index in [2.05, 4.69) is 21.4 Å². The zero-order valence-electron chi connectivity index (χ0n) is 12.1. The van der Waals surface area contributed by atoms with E-state index in [-0.39, 0.29) is 16.3 Å². The van der Waals surface area contributed by atoms with Gasteiger partial charge in [0.2, 0.25) is 0 Å². The number of hydrogen-bond acceptors (Lipinski definition) is 4. The average molecular weight is 367 g/mol. The van der Waals surface area contributed by atoms with Crippen molar-refractivity contribution in [2.45, 2.75) is 0 Å². The van der Waals surface area contributed by atoms with E-state index in [0.717, 1.165) is 0 Å². The number of hydrazine groups is 1. The van der Waals surface area contributed by atoms with E-state index < -0.39 is 11.9 Å². The second-order valence-corrected chi connectivity index (χ2v) is 5.34. The first-order chi connectivity index (χ1) is 11.5. The minimum Gasteiger partial charge on any atom is -0.508 e. The van der Waals surface area contributed by atoms with Crippen molar-refractivity contribution in [2.24, 2.45) is 5.10 Å². The molecular weight excluding hydrogens is 355 g/mol. The lowest BCUT2D eigenvalue weighted by atomic mass is 10.2. The fourth-order valence-corrected chi connectivity index (χ4v) is 2.15. The molecule has 3 amide bonds. The Morgan fingerprint density at radius 2 is 1.88 bits per heavy atom. The number of rotatable bonds is 3. The second kappa shape index (κ2) is 8.19. The van der Waals surface area contributed by atoms with E-state index >= 15 is 0 Å².